The lowest BCUT2D eigenvalue weighted by Crippen LogP contribution is -2.12. The van der Waals surface area contributed by atoms with Gasteiger partial charge in [0.2, 0.25) is 5.91 Å². The van der Waals surface area contributed by atoms with Gasteiger partial charge >= 0.3 is 5.97 Å². The first-order valence-electron chi connectivity index (χ1n) is 6.41. The summed E-state index contributed by atoms with van der Waals surface area (Å²) in [6, 6.07) is 4.93. The second-order valence-electron chi connectivity index (χ2n) is 4.11. The fraction of sp³-hybridized carbons (Fsp3) is 0.429. The van der Waals surface area contributed by atoms with Crippen LogP contribution in [-0.2, 0) is 9.53 Å². The number of benzene rings is 1. The van der Waals surface area contributed by atoms with Gasteiger partial charge in [-0.25, -0.2) is 4.79 Å². The summed E-state index contributed by atoms with van der Waals surface area (Å²) < 4.78 is 5.56. The monoisotopic (exact) mass is 361 g/mol. The van der Waals surface area contributed by atoms with Crippen molar-refractivity contribution in [2.45, 2.75) is 26.2 Å². The Kier molecular flexibility index (Phi) is 7.62. The number of amides is 1. The van der Waals surface area contributed by atoms with E-state index in [-0.39, 0.29) is 11.9 Å². The van der Waals surface area contributed by atoms with Crippen molar-refractivity contribution in [1.82, 2.24) is 0 Å². The average Bonchev–Trinajstić information content (AvgIpc) is 2.41. The van der Waals surface area contributed by atoms with Crippen LogP contribution in [0.4, 0.5) is 5.69 Å². The Morgan fingerprint density at radius 1 is 1.35 bits per heavy atom. The van der Waals surface area contributed by atoms with E-state index in [1.54, 1.807) is 25.1 Å². The maximum Gasteiger partial charge on any atom is 0.338 e. The molecule has 0 saturated carbocycles. The first kappa shape index (κ1) is 17.0. The van der Waals surface area contributed by atoms with E-state index >= 15 is 0 Å². The lowest BCUT2D eigenvalue weighted by Gasteiger charge is -2.09. The first-order chi connectivity index (χ1) is 9.58. The molecule has 20 heavy (non-hydrogen) atoms. The molecule has 1 aromatic carbocycles. The van der Waals surface area contributed by atoms with E-state index in [9.17, 15) is 9.59 Å². The van der Waals surface area contributed by atoms with Crippen molar-refractivity contribution in [3.05, 3.63) is 28.2 Å². The Morgan fingerprint density at radius 2 is 2.10 bits per heavy atom. The number of halogens is 2. The third-order valence-electron chi connectivity index (χ3n) is 2.54. The standard InChI is InChI=1S/C14H17BrClNO3/c1-2-20-14(19)10-6-7-12(11(15)9-10)17-13(18)5-3-4-8-16/h6-7,9H,2-5,8H2,1H3,(H,17,18). The van der Waals surface area contributed by atoms with E-state index in [1.165, 1.54) is 0 Å². The lowest BCUT2D eigenvalue weighted by atomic mass is 10.2. The molecular weight excluding hydrogens is 346 g/mol. The number of nitrogens with one attached hydrogen (secondary N) is 1. The lowest BCUT2D eigenvalue weighted by molar-refractivity contribution is -0.116. The largest absolute Gasteiger partial charge is 0.462 e. The Bertz CT molecular complexity index is 479. The highest BCUT2D eigenvalue weighted by molar-refractivity contribution is 9.10. The fourth-order valence-electron chi connectivity index (χ4n) is 1.55. The van der Waals surface area contributed by atoms with Gasteiger partial charge in [0.25, 0.3) is 0 Å². The molecule has 0 spiro atoms. The van der Waals surface area contributed by atoms with Crippen molar-refractivity contribution in [3.63, 3.8) is 0 Å². The molecule has 0 unspecified atom stereocenters. The molecule has 0 aliphatic rings. The normalized spacial score (nSPS) is 10.2. The molecule has 0 fully saturated rings. The summed E-state index contributed by atoms with van der Waals surface area (Å²) in [5, 5.41) is 2.79. The van der Waals surface area contributed by atoms with E-state index in [2.05, 4.69) is 21.2 Å². The molecule has 0 radical (unpaired) electrons. The van der Waals surface area contributed by atoms with Gasteiger partial charge in [0.1, 0.15) is 0 Å². The molecule has 0 heterocycles. The van der Waals surface area contributed by atoms with Gasteiger partial charge in [0.05, 0.1) is 17.9 Å². The molecular formula is C14H17BrClNO3. The summed E-state index contributed by atoms with van der Waals surface area (Å²) >= 11 is 8.89. The third kappa shape index (κ3) is 5.51. The van der Waals surface area contributed by atoms with Crippen molar-refractivity contribution < 1.29 is 14.3 Å². The summed E-state index contributed by atoms with van der Waals surface area (Å²) in [4.78, 5) is 23.3. The number of carbonyl (C=O) groups is 2. The Labute approximate surface area is 132 Å². The molecule has 6 heteroatoms. The number of hydrogen-bond donors (Lipinski definition) is 1. The van der Waals surface area contributed by atoms with Crippen molar-refractivity contribution in [1.29, 1.82) is 0 Å². The van der Waals surface area contributed by atoms with Gasteiger partial charge in [-0.1, -0.05) is 0 Å². The van der Waals surface area contributed by atoms with Crippen LogP contribution in [0.1, 0.15) is 36.5 Å². The number of rotatable bonds is 7. The molecule has 0 aromatic heterocycles. The van der Waals surface area contributed by atoms with E-state index in [0.717, 1.165) is 12.8 Å². The topological polar surface area (TPSA) is 55.4 Å². The van der Waals surface area contributed by atoms with Crippen LogP contribution in [0.3, 0.4) is 0 Å². The maximum atomic E-state index is 11.7. The van der Waals surface area contributed by atoms with E-state index in [0.29, 0.717) is 34.6 Å². The molecule has 1 rings (SSSR count). The van der Waals surface area contributed by atoms with Gasteiger partial charge < -0.3 is 10.1 Å². The van der Waals surface area contributed by atoms with Crippen LogP contribution < -0.4 is 5.32 Å². The minimum absolute atomic E-state index is 0.0697. The number of carbonyl (C=O) groups excluding carboxylic acids is 2. The van der Waals surface area contributed by atoms with Crippen LogP contribution in [0.15, 0.2) is 22.7 Å². The Hall–Kier alpha value is -1.07. The first-order valence-corrected chi connectivity index (χ1v) is 7.73. The molecule has 0 bridgehead atoms. The number of anilines is 1. The van der Waals surface area contributed by atoms with E-state index < -0.39 is 0 Å². The van der Waals surface area contributed by atoms with Crippen LogP contribution in [0.25, 0.3) is 0 Å². The van der Waals surface area contributed by atoms with Crippen LogP contribution in [0.5, 0.6) is 0 Å². The van der Waals surface area contributed by atoms with Crippen molar-refractivity contribution in [2.24, 2.45) is 0 Å². The van der Waals surface area contributed by atoms with Crippen molar-refractivity contribution in [2.75, 3.05) is 17.8 Å². The van der Waals surface area contributed by atoms with Crippen LogP contribution in [-0.4, -0.2) is 24.4 Å². The van der Waals surface area contributed by atoms with Gasteiger partial charge in [-0.05, 0) is 53.9 Å². The molecule has 1 N–H and O–H groups in total. The highest BCUT2D eigenvalue weighted by Gasteiger charge is 2.10. The second-order valence-corrected chi connectivity index (χ2v) is 5.34. The molecule has 4 nitrogen and oxygen atoms in total. The van der Waals surface area contributed by atoms with Crippen LogP contribution in [0, 0.1) is 0 Å². The number of ether oxygens (including phenoxy) is 1. The molecule has 0 atom stereocenters. The smallest absolute Gasteiger partial charge is 0.338 e. The Morgan fingerprint density at radius 3 is 2.70 bits per heavy atom. The SMILES string of the molecule is CCOC(=O)c1ccc(NC(=O)CCCCCl)c(Br)c1. The van der Waals surface area contributed by atoms with Crippen molar-refractivity contribution >= 4 is 45.1 Å². The van der Waals surface area contributed by atoms with E-state index in [1.807, 2.05) is 0 Å². The summed E-state index contributed by atoms with van der Waals surface area (Å²) in [6.07, 6.45) is 2.00. The van der Waals surface area contributed by atoms with Gasteiger partial charge in [0.15, 0.2) is 0 Å². The van der Waals surface area contributed by atoms with Crippen LogP contribution >= 0.6 is 27.5 Å². The van der Waals surface area contributed by atoms with Crippen molar-refractivity contribution in [3.8, 4) is 0 Å². The average molecular weight is 363 g/mol. The van der Waals surface area contributed by atoms with Gasteiger partial charge in [-0.15, -0.1) is 11.6 Å². The Balaban J connectivity index is 2.64. The molecule has 1 amide bonds. The van der Waals surface area contributed by atoms with Crippen LogP contribution in [0.2, 0.25) is 0 Å². The minimum Gasteiger partial charge on any atom is -0.462 e. The van der Waals surface area contributed by atoms with Gasteiger partial charge in [-0.3, -0.25) is 4.79 Å². The van der Waals surface area contributed by atoms with Gasteiger partial charge in [0, 0.05) is 16.8 Å². The number of hydrogen-bond acceptors (Lipinski definition) is 3. The minimum atomic E-state index is -0.381. The molecule has 1 aromatic rings. The summed E-state index contributed by atoms with van der Waals surface area (Å²) in [7, 11) is 0. The second kappa shape index (κ2) is 8.97. The highest BCUT2D eigenvalue weighted by Crippen LogP contribution is 2.24. The highest BCUT2D eigenvalue weighted by atomic mass is 79.9. The molecule has 110 valence electrons. The number of alkyl halides is 1. The quantitative estimate of drug-likeness (QED) is 0.453. The fourth-order valence-corrected chi connectivity index (χ4v) is 2.22. The number of unbranched alkanes of at least 4 members (excludes halogenated alkanes) is 1. The maximum absolute atomic E-state index is 11.7. The molecule has 0 saturated heterocycles. The predicted octanol–water partition coefficient (Wildman–Crippen LogP) is 3.97. The zero-order chi connectivity index (χ0) is 15.0. The van der Waals surface area contributed by atoms with Gasteiger partial charge in [-0.2, -0.15) is 0 Å². The van der Waals surface area contributed by atoms with E-state index in [4.69, 9.17) is 16.3 Å². The summed E-state index contributed by atoms with van der Waals surface area (Å²) in [5.74, 6) is 0.110. The zero-order valence-corrected chi connectivity index (χ0v) is 13.6. The number of esters is 1. The zero-order valence-electron chi connectivity index (χ0n) is 11.2. The predicted molar refractivity (Wildman–Crippen MR) is 83.3 cm³/mol. The summed E-state index contributed by atoms with van der Waals surface area (Å²) in [5.41, 5.74) is 1.08. The third-order valence-corrected chi connectivity index (χ3v) is 3.47. The molecule has 0 aliphatic carbocycles. The summed E-state index contributed by atoms with van der Waals surface area (Å²) in [6.45, 7) is 2.08. The molecule has 0 aliphatic heterocycles.